The fourth-order valence-electron chi connectivity index (χ4n) is 2.82. The number of H-pyrrole nitrogens is 1. The van der Waals surface area contributed by atoms with Crippen LogP contribution >= 0.6 is 0 Å². The van der Waals surface area contributed by atoms with Gasteiger partial charge in [-0.25, -0.2) is 4.98 Å². The number of rotatable bonds is 4. The van der Waals surface area contributed by atoms with Crippen molar-refractivity contribution in [2.75, 3.05) is 11.9 Å². The molecule has 1 aliphatic rings. The molecule has 18 heavy (non-hydrogen) atoms. The second-order valence-electron chi connectivity index (χ2n) is 6.31. The minimum absolute atomic E-state index is 0.0846. The molecule has 0 aromatic carbocycles. The predicted molar refractivity (Wildman–Crippen MR) is 73.8 cm³/mol. The molecule has 0 spiro atoms. The van der Waals surface area contributed by atoms with Crippen LogP contribution in [0.5, 0.6) is 0 Å². The van der Waals surface area contributed by atoms with E-state index < -0.39 is 0 Å². The van der Waals surface area contributed by atoms with Gasteiger partial charge in [0.05, 0.1) is 0 Å². The Labute approximate surface area is 108 Å². The van der Waals surface area contributed by atoms with Gasteiger partial charge in [0.15, 0.2) is 0 Å². The molecule has 0 radical (unpaired) electrons. The van der Waals surface area contributed by atoms with E-state index in [1.165, 1.54) is 6.07 Å². The third-order valence-corrected chi connectivity index (χ3v) is 4.93. The monoisotopic (exact) mass is 249 g/mol. The highest BCUT2D eigenvalue weighted by Gasteiger charge is 2.64. The maximum atomic E-state index is 11.4. The lowest BCUT2D eigenvalue weighted by molar-refractivity contribution is 0.457. The van der Waals surface area contributed by atoms with Crippen LogP contribution in [0.4, 0.5) is 5.82 Å². The highest BCUT2D eigenvalue weighted by atomic mass is 16.1. The van der Waals surface area contributed by atoms with Crippen LogP contribution in [0, 0.1) is 16.7 Å². The predicted octanol–water partition coefficient (Wildman–Crippen LogP) is 2.43. The molecule has 1 aromatic heterocycles. The minimum atomic E-state index is -0.0846. The van der Waals surface area contributed by atoms with Crippen LogP contribution in [0.1, 0.15) is 40.4 Å². The molecule has 1 aliphatic carbocycles. The number of hydrogen-bond donors (Lipinski definition) is 2. The zero-order valence-corrected chi connectivity index (χ0v) is 11.9. The van der Waals surface area contributed by atoms with Crippen molar-refractivity contribution < 1.29 is 0 Å². The van der Waals surface area contributed by atoms with E-state index in [9.17, 15) is 4.79 Å². The third kappa shape index (κ3) is 2.04. The van der Waals surface area contributed by atoms with Crippen LogP contribution in [-0.4, -0.2) is 16.5 Å². The maximum absolute atomic E-state index is 11.4. The van der Waals surface area contributed by atoms with E-state index in [2.05, 4.69) is 43.0 Å². The molecule has 2 rings (SSSR count). The van der Waals surface area contributed by atoms with Gasteiger partial charge < -0.3 is 10.3 Å². The van der Waals surface area contributed by atoms with E-state index in [4.69, 9.17) is 0 Å². The average Bonchev–Trinajstić information content (AvgIpc) is 2.66. The SMILES string of the molecule is CCc1nc(NCC2C(C)(C)C2(C)C)cc(=O)[nH]1. The molecule has 1 saturated carbocycles. The zero-order valence-electron chi connectivity index (χ0n) is 11.9. The molecule has 0 saturated heterocycles. The molecule has 0 unspecified atom stereocenters. The molecule has 1 heterocycles. The van der Waals surface area contributed by atoms with Crippen LogP contribution in [0.2, 0.25) is 0 Å². The summed E-state index contributed by atoms with van der Waals surface area (Å²) in [6.07, 6.45) is 0.741. The van der Waals surface area contributed by atoms with Crippen LogP contribution in [-0.2, 0) is 6.42 Å². The summed E-state index contributed by atoms with van der Waals surface area (Å²) in [6, 6.07) is 1.53. The van der Waals surface area contributed by atoms with Crippen molar-refractivity contribution in [2.45, 2.75) is 41.0 Å². The van der Waals surface area contributed by atoms with Gasteiger partial charge in [0.2, 0.25) is 0 Å². The summed E-state index contributed by atoms with van der Waals surface area (Å²) < 4.78 is 0. The number of hydrogen-bond acceptors (Lipinski definition) is 3. The fourth-order valence-corrected chi connectivity index (χ4v) is 2.82. The number of aryl methyl sites for hydroxylation is 1. The first-order chi connectivity index (χ1) is 8.29. The summed E-state index contributed by atoms with van der Waals surface area (Å²) in [5.74, 6) is 2.05. The van der Waals surface area contributed by atoms with Gasteiger partial charge in [0.25, 0.3) is 5.56 Å². The Morgan fingerprint density at radius 3 is 2.44 bits per heavy atom. The smallest absolute Gasteiger partial charge is 0.252 e. The Morgan fingerprint density at radius 2 is 1.94 bits per heavy atom. The van der Waals surface area contributed by atoms with Gasteiger partial charge in [-0.05, 0) is 16.7 Å². The first kappa shape index (κ1) is 13.1. The second-order valence-corrected chi connectivity index (χ2v) is 6.31. The van der Waals surface area contributed by atoms with E-state index in [0.717, 1.165) is 18.8 Å². The molecule has 4 nitrogen and oxygen atoms in total. The molecule has 100 valence electrons. The average molecular weight is 249 g/mol. The Balaban J connectivity index is 2.04. The summed E-state index contributed by atoms with van der Waals surface area (Å²) in [6.45, 7) is 12.0. The van der Waals surface area contributed by atoms with Crippen molar-refractivity contribution in [1.82, 2.24) is 9.97 Å². The number of nitrogens with one attached hydrogen (secondary N) is 2. The lowest BCUT2D eigenvalue weighted by atomic mass is 10.0. The van der Waals surface area contributed by atoms with Crippen LogP contribution in [0.25, 0.3) is 0 Å². The summed E-state index contributed by atoms with van der Waals surface area (Å²) in [5, 5.41) is 3.30. The van der Waals surface area contributed by atoms with Gasteiger partial charge in [0, 0.05) is 19.0 Å². The number of nitrogens with zero attached hydrogens (tertiary/aromatic N) is 1. The number of aromatic amines is 1. The van der Waals surface area contributed by atoms with Crippen molar-refractivity contribution in [2.24, 2.45) is 16.7 Å². The lowest BCUT2D eigenvalue weighted by Gasteiger charge is -2.07. The van der Waals surface area contributed by atoms with Gasteiger partial charge in [-0.15, -0.1) is 0 Å². The van der Waals surface area contributed by atoms with Gasteiger partial charge in [-0.3, -0.25) is 4.79 Å². The van der Waals surface area contributed by atoms with E-state index >= 15 is 0 Å². The van der Waals surface area contributed by atoms with Crippen LogP contribution in [0.3, 0.4) is 0 Å². The number of anilines is 1. The molecule has 0 bridgehead atoms. The van der Waals surface area contributed by atoms with Crippen molar-refractivity contribution in [1.29, 1.82) is 0 Å². The highest BCUT2D eigenvalue weighted by molar-refractivity contribution is 5.34. The van der Waals surface area contributed by atoms with Crippen molar-refractivity contribution in [3.8, 4) is 0 Å². The first-order valence-corrected chi connectivity index (χ1v) is 6.63. The highest BCUT2D eigenvalue weighted by Crippen LogP contribution is 2.68. The Kier molecular flexibility index (Phi) is 2.99. The third-order valence-electron chi connectivity index (χ3n) is 4.93. The quantitative estimate of drug-likeness (QED) is 0.861. The van der Waals surface area contributed by atoms with Gasteiger partial charge in [-0.1, -0.05) is 34.6 Å². The zero-order chi connectivity index (χ0) is 13.6. The molecule has 1 fully saturated rings. The fraction of sp³-hybridized carbons (Fsp3) is 0.714. The van der Waals surface area contributed by atoms with Gasteiger partial charge >= 0.3 is 0 Å². The molecular formula is C14H23N3O. The van der Waals surface area contributed by atoms with Gasteiger partial charge in [-0.2, -0.15) is 0 Å². The second kappa shape index (κ2) is 4.11. The summed E-state index contributed by atoms with van der Waals surface area (Å²) in [7, 11) is 0. The molecule has 4 heteroatoms. The Morgan fingerprint density at radius 1 is 1.33 bits per heavy atom. The van der Waals surface area contributed by atoms with Crippen molar-refractivity contribution in [3.63, 3.8) is 0 Å². The van der Waals surface area contributed by atoms with Gasteiger partial charge in [0.1, 0.15) is 11.6 Å². The van der Waals surface area contributed by atoms with E-state index in [1.807, 2.05) is 6.92 Å². The van der Waals surface area contributed by atoms with Crippen LogP contribution < -0.4 is 10.9 Å². The standard InChI is InChI=1S/C14H23N3O/c1-6-10-16-11(7-12(18)17-10)15-8-9-13(2,3)14(9,4)5/h7,9H,6,8H2,1-5H3,(H2,15,16,17,18). The largest absolute Gasteiger partial charge is 0.370 e. The van der Waals surface area contributed by atoms with E-state index in [-0.39, 0.29) is 5.56 Å². The molecule has 0 amide bonds. The van der Waals surface area contributed by atoms with Crippen molar-refractivity contribution >= 4 is 5.82 Å². The Bertz CT molecular complexity index is 488. The van der Waals surface area contributed by atoms with E-state index in [1.54, 1.807) is 0 Å². The van der Waals surface area contributed by atoms with Crippen molar-refractivity contribution in [3.05, 3.63) is 22.2 Å². The normalized spacial score (nSPS) is 20.7. The molecular weight excluding hydrogens is 226 g/mol. The van der Waals surface area contributed by atoms with Crippen LogP contribution in [0.15, 0.2) is 10.9 Å². The number of aromatic nitrogens is 2. The molecule has 2 N–H and O–H groups in total. The maximum Gasteiger partial charge on any atom is 0.252 e. The summed E-state index contributed by atoms with van der Waals surface area (Å²) >= 11 is 0. The van der Waals surface area contributed by atoms with E-state index in [0.29, 0.717) is 22.6 Å². The first-order valence-electron chi connectivity index (χ1n) is 6.63. The summed E-state index contributed by atoms with van der Waals surface area (Å²) in [4.78, 5) is 18.6. The molecule has 0 atom stereocenters. The topological polar surface area (TPSA) is 57.8 Å². The lowest BCUT2D eigenvalue weighted by Crippen LogP contribution is -2.15. The Hall–Kier alpha value is -1.32. The molecule has 0 aliphatic heterocycles. The minimum Gasteiger partial charge on any atom is -0.370 e. The summed E-state index contributed by atoms with van der Waals surface area (Å²) in [5.41, 5.74) is 0.627. The molecule has 1 aromatic rings.